The van der Waals surface area contributed by atoms with Gasteiger partial charge in [0.2, 0.25) is 0 Å². The normalized spacial score (nSPS) is 15.0. The Morgan fingerprint density at radius 2 is 1.81 bits per heavy atom. The van der Waals surface area contributed by atoms with Crippen LogP contribution in [0, 0.1) is 0 Å². The van der Waals surface area contributed by atoms with E-state index in [1.54, 1.807) is 30.6 Å². The first-order valence-corrected chi connectivity index (χ1v) is 7.02. The Bertz CT molecular complexity index is 639. The lowest BCUT2D eigenvalue weighted by molar-refractivity contribution is 0.0690. The van der Waals surface area contributed by atoms with Crippen molar-refractivity contribution >= 4 is 11.8 Å². The molecule has 0 saturated carbocycles. The monoisotopic (exact) mass is 284 g/mol. The molecule has 108 valence electrons. The summed E-state index contributed by atoms with van der Waals surface area (Å²) in [5, 5.41) is 9.26. The molecule has 1 aliphatic rings. The van der Waals surface area contributed by atoms with Gasteiger partial charge in [-0.3, -0.25) is 4.98 Å². The van der Waals surface area contributed by atoms with Crippen LogP contribution in [0.4, 0.5) is 5.82 Å². The average molecular weight is 284 g/mol. The Labute approximate surface area is 122 Å². The quantitative estimate of drug-likeness (QED) is 0.931. The number of anilines is 1. The largest absolute Gasteiger partial charge is 0.477 e. The Morgan fingerprint density at radius 1 is 1.10 bits per heavy atom. The van der Waals surface area contributed by atoms with Crippen molar-refractivity contribution in [2.24, 2.45) is 0 Å². The molecule has 0 bridgehead atoms. The number of hydrogen-bond acceptors (Lipinski definition) is 5. The van der Waals surface area contributed by atoms with Gasteiger partial charge in [0, 0.05) is 37.1 Å². The molecule has 1 N–H and O–H groups in total. The summed E-state index contributed by atoms with van der Waals surface area (Å²) >= 11 is 0. The van der Waals surface area contributed by atoms with E-state index in [2.05, 4.69) is 19.9 Å². The fourth-order valence-electron chi connectivity index (χ4n) is 2.46. The van der Waals surface area contributed by atoms with Crippen LogP contribution in [-0.2, 0) is 0 Å². The van der Waals surface area contributed by atoms with Crippen LogP contribution in [0.15, 0.2) is 30.6 Å². The SMILES string of the molecule is O=C(O)c1cc(N2CCCCC2)nc(-c2ccncc2)n1. The Morgan fingerprint density at radius 3 is 2.48 bits per heavy atom. The number of hydrogen-bond donors (Lipinski definition) is 1. The highest BCUT2D eigenvalue weighted by molar-refractivity contribution is 5.87. The summed E-state index contributed by atoms with van der Waals surface area (Å²) in [5.41, 5.74) is 0.795. The lowest BCUT2D eigenvalue weighted by atomic mass is 10.1. The van der Waals surface area contributed by atoms with Crippen LogP contribution in [-0.4, -0.2) is 39.1 Å². The van der Waals surface area contributed by atoms with Gasteiger partial charge in [-0.05, 0) is 31.4 Å². The molecular formula is C15H16N4O2. The van der Waals surface area contributed by atoms with E-state index in [0.29, 0.717) is 11.6 Å². The van der Waals surface area contributed by atoms with Gasteiger partial charge in [0.05, 0.1) is 0 Å². The zero-order valence-electron chi connectivity index (χ0n) is 11.6. The molecule has 2 aromatic rings. The van der Waals surface area contributed by atoms with Crippen LogP contribution < -0.4 is 4.90 Å². The van der Waals surface area contributed by atoms with Gasteiger partial charge in [0.15, 0.2) is 11.5 Å². The number of carboxylic acid groups (broad SMARTS) is 1. The fraction of sp³-hybridized carbons (Fsp3) is 0.333. The van der Waals surface area contributed by atoms with Gasteiger partial charge in [-0.2, -0.15) is 0 Å². The number of carbonyl (C=O) groups is 1. The summed E-state index contributed by atoms with van der Waals surface area (Å²) in [6.07, 6.45) is 6.72. The summed E-state index contributed by atoms with van der Waals surface area (Å²) < 4.78 is 0. The fourth-order valence-corrected chi connectivity index (χ4v) is 2.46. The van der Waals surface area contributed by atoms with E-state index in [4.69, 9.17) is 0 Å². The number of pyridine rings is 1. The minimum Gasteiger partial charge on any atom is -0.477 e. The molecule has 1 aliphatic heterocycles. The number of aromatic nitrogens is 3. The Hall–Kier alpha value is -2.50. The molecule has 0 atom stereocenters. The van der Waals surface area contributed by atoms with Crippen LogP contribution >= 0.6 is 0 Å². The molecule has 0 aromatic carbocycles. The third kappa shape index (κ3) is 2.99. The summed E-state index contributed by atoms with van der Waals surface area (Å²) in [6.45, 7) is 1.82. The predicted octanol–water partition coefficient (Wildman–Crippen LogP) is 2.23. The minimum atomic E-state index is -1.04. The van der Waals surface area contributed by atoms with E-state index in [0.717, 1.165) is 31.5 Å². The van der Waals surface area contributed by atoms with Crippen LogP contribution in [0.3, 0.4) is 0 Å². The van der Waals surface area contributed by atoms with Gasteiger partial charge in [-0.1, -0.05) is 0 Å². The molecule has 6 heteroatoms. The van der Waals surface area contributed by atoms with E-state index >= 15 is 0 Å². The van der Waals surface area contributed by atoms with Crippen molar-refractivity contribution in [3.05, 3.63) is 36.3 Å². The first-order valence-electron chi connectivity index (χ1n) is 7.02. The van der Waals surface area contributed by atoms with E-state index in [1.165, 1.54) is 6.42 Å². The molecule has 3 rings (SSSR count). The molecule has 1 fully saturated rings. The molecule has 1 saturated heterocycles. The number of nitrogens with zero attached hydrogens (tertiary/aromatic N) is 4. The van der Waals surface area contributed by atoms with Gasteiger partial charge >= 0.3 is 5.97 Å². The Kier molecular flexibility index (Phi) is 3.77. The standard InChI is InChI=1S/C15H16N4O2/c20-15(21)12-10-13(19-8-2-1-3-9-19)18-14(17-12)11-4-6-16-7-5-11/h4-7,10H,1-3,8-9H2,(H,20,21). The maximum absolute atomic E-state index is 11.3. The zero-order chi connectivity index (χ0) is 14.7. The van der Waals surface area contributed by atoms with Gasteiger partial charge in [0.1, 0.15) is 5.82 Å². The smallest absolute Gasteiger partial charge is 0.354 e. The van der Waals surface area contributed by atoms with E-state index in [1.807, 2.05) is 0 Å². The average Bonchev–Trinajstić information content (AvgIpc) is 2.56. The number of piperidine rings is 1. The highest BCUT2D eigenvalue weighted by Crippen LogP contribution is 2.22. The van der Waals surface area contributed by atoms with Crippen molar-refractivity contribution in [3.8, 4) is 11.4 Å². The third-order valence-electron chi connectivity index (χ3n) is 3.55. The first-order chi connectivity index (χ1) is 10.2. The predicted molar refractivity (Wildman–Crippen MR) is 78.3 cm³/mol. The van der Waals surface area contributed by atoms with Gasteiger partial charge in [-0.25, -0.2) is 14.8 Å². The number of carboxylic acids is 1. The highest BCUT2D eigenvalue weighted by atomic mass is 16.4. The minimum absolute atomic E-state index is 0.0254. The van der Waals surface area contributed by atoms with Gasteiger partial charge in [0.25, 0.3) is 0 Å². The molecular weight excluding hydrogens is 268 g/mol. The lowest BCUT2D eigenvalue weighted by Crippen LogP contribution is -2.30. The summed E-state index contributed by atoms with van der Waals surface area (Å²) in [6, 6.07) is 5.11. The van der Waals surface area contributed by atoms with Crippen molar-refractivity contribution in [1.29, 1.82) is 0 Å². The van der Waals surface area contributed by atoms with Crippen molar-refractivity contribution in [1.82, 2.24) is 15.0 Å². The summed E-state index contributed by atoms with van der Waals surface area (Å²) in [7, 11) is 0. The van der Waals surface area contributed by atoms with Crippen molar-refractivity contribution in [3.63, 3.8) is 0 Å². The molecule has 0 spiro atoms. The van der Waals surface area contributed by atoms with Crippen LogP contribution in [0.2, 0.25) is 0 Å². The van der Waals surface area contributed by atoms with E-state index < -0.39 is 5.97 Å². The zero-order valence-corrected chi connectivity index (χ0v) is 11.6. The summed E-state index contributed by atoms with van der Waals surface area (Å²) in [4.78, 5) is 26.1. The van der Waals surface area contributed by atoms with Crippen molar-refractivity contribution < 1.29 is 9.90 Å². The third-order valence-corrected chi connectivity index (χ3v) is 3.55. The van der Waals surface area contributed by atoms with Crippen molar-refractivity contribution in [2.45, 2.75) is 19.3 Å². The molecule has 0 amide bonds. The highest BCUT2D eigenvalue weighted by Gasteiger charge is 2.17. The van der Waals surface area contributed by atoms with Gasteiger partial charge < -0.3 is 10.0 Å². The Balaban J connectivity index is 2.03. The van der Waals surface area contributed by atoms with Crippen LogP contribution in [0.25, 0.3) is 11.4 Å². The molecule has 21 heavy (non-hydrogen) atoms. The molecule has 0 aliphatic carbocycles. The van der Waals surface area contributed by atoms with Crippen LogP contribution in [0.1, 0.15) is 29.8 Å². The van der Waals surface area contributed by atoms with Gasteiger partial charge in [-0.15, -0.1) is 0 Å². The maximum atomic E-state index is 11.3. The van der Waals surface area contributed by atoms with E-state index in [-0.39, 0.29) is 5.69 Å². The molecule has 6 nitrogen and oxygen atoms in total. The second-order valence-corrected chi connectivity index (χ2v) is 5.02. The second kappa shape index (κ2) is 5.87. The molecule has 3 heterocycles. The lowest BCUT2D eigenvalue weighted by Gasteiger charge is -2.28. The maximum Gasteiger partial charge on any atom is 0.354 e. The van der Waals surface area contributed by atoms with Crippen LogP contribution in [0.5, 0.6) is 0 Å². The second-order valence-electron chi connectivity index (χ2n) is 5.02. The topological polar surface area (TPSA) is 79.2 Å². The molecule has 0 radical (unpaired) electrons. The first kappa shape index (κ1) is 13.5. The molecule has 2 aromatic heterocycles. The summed E-state index contributed by atoms with van der Waals surface area (Å²) in [5.74, 6) is 0.0813. The number of aromatic carboxylic acids is 1. The van der Waals surface area contributed by atoms with E-state index in [9.17, 15) is 9.90 Å². The number of rotatable bonds is 3. The molecule has 0 unspecified atom stereocenters. The van der Waals surface area contributed by atoms with Crippen molar-refractivity contribution in [2.75, 3.05) is 18.0 Å².